The number of nitrogens with two attached hydrogens (primary N) is 1. The molecule has 3 aromatic rings. The van der Waals surface area contributed by atoms with Gasteiger partial charge in [0.1, 0.15) is 18.8 Å². The molecule has 0 aliphatic rings. The highest BCUT2D eigenvalue weighted by atomic mass is 35.5. The Bertz CT molecular complexity index is 834. The summed E-state index contributed by atoms with van der Waals surface area (Å²) in [7, 11) is 1.66. The Balaban J connectivity index is 1.86. The molecule has 0 spiro atoms. The number of benzene rings is 3. The third kappa shape index (κ3) is 4.63. The summed E-state index contributed by atoms with van der Waals surface area (Å²) in [5, 5.41) is 14.9. The van der Waals surface area contributed by atoms with E-state index < -0.39 is 5.60 Å². The summed E-state index contributed by atoms with van der Waals surface area (Å²) in [6, 6.07) is 22.5. The van der Waals surface area contributed by atoms with E-state index in [1.54, 1.807) is 31.4 Å². The lowest BCUT2D eigenvalue weighted by Crippen LogP contribution is -2.86. The Morgan fingerprint density at radius 3 is 1.89 bits per heavy atom. The van der Waals surface area contributed by atoms with Crippen LogP contribution in [0.4, 0.5) is 0 Å². The molecule has 0 atom stereocenters. The minimum atomic E-state index is -1.17. The van der Waals surface area contributed by atoms with Crippen LogP contribution in [-0.2, 0) is 12.1 Å². The van der Waals surface area contributed by atoms with E-state index in [1.165, 1.54) is 0 Å². The quantitative estimate of drug-likeness (QED) is 0.627. The second-order valence-corrected chi connectivity index (χ2v) is 7.26. The zero-order valence-electron chi connectivity index (χ0n) is 15.0. The van der Waals surface area contributed by atoms with Crippen molar-refractivity contribution in [2.75, 3.05) is 13.7 Å². The summed E-state index contributed by atoms with van der Waals surface area (Å²) >= 11 is 12.1. The first-order valence-electron chi connectivity index (χ1n) is 8.71. The van der Waals surface area contributed by atoms with E-state index >= 15 is 0 Å². The van der Waals surface area contributed by atoms with Gasteiger partial charge in [-0.05, 0) is 47.5 Å². The highest BCUT2D eigenvalue weighted by Crippen LogP contribution is 2.30. The van der Waals surface area contributed by atoms with Gasteiger partial charge in [-0.15, -0.1) is 0 Å². The number of aliphatic hydroxyl groups is 1. The van der Waals surface area contributed by atoms with Gasteiger partial charge in [0.2, 0.25) is 0 Å². The number of rotatable bonds is 7. The van der Waals surface area contributed by atoms with Crippen LogP contribution in [0.3, 0.4) is 0 Å². The van der Waals surface area contributed by atoms with Crippen molar-refractivity contribution >= 4 is 23.2 Å². The summed E-state index contributed by atoms with van der Waals surface area (Å²) in [5.41, 5.74) is 1.47. The molecule has 3 rings (SSSR count). The van der Waals surface area contributed by atoms with Crippen molar-refractivity contribution in [2.24, 2.45) is 0 Å². The first-order valence-corrected chi connectivity index (χ1v) is 9.46. The van der Waals surface area contributed by atoms with E-state index in [-0.39, 0.29) is 0 Å². The van der Waals surface area contributed by atoms with Crippen molar-refractivity contribution in [2.45, 2.75) is 12.1 Å². The standard InChI is InChI=1S/C22H21Cl2NO2/c1-27-21-5-3-2-4-16(21)14-25-15-22(26,17-6-10-19(23)11-7-17)18-8-12-20(24)13-9-18/h2-13,25-26H,14-15H2,1H3/p+1. The fraction of sp³-hybridized carbons (Fsp3) is 0.182. The average Bonchev–Trinajstić information content (AvgIpc) is 2.69. The molecule has 0 saturated carbocycles. The van der Waals surface area contributed by atoms with Crippen LogP contribution >= 0.6 is 23.2 Å². The number of hydrogen-bond donors (Lipinski definition) is 2. The van der Waals surface area contributed by atoms with E-state index in [0.29, 0.717) is 23.1 Å². The van der Waals surface area contributed by atoms with E-state index in [0.717, 1.165) is 22.4 Å². The zero-order valence-corrected chi connectivity index (χ0v) is 16.5. The van der Waals surface area contributed by atoms with Gasteiger partial charge in [-0.2, -0.15) is 0 Å². The summed E-state index contributed by atoms with van der Waals surface area (Å²) < 4.78 is 5.41. The zero-order chi connectivity index (χ0) is 19.3. The van der Waals surface area contributed by atoms with Crippen molar-refractivity contribution < 1.29 is 15.2 Å². The maximum absolute atomic E-state index is 11.6. The Hall–Kier alpha value is -2.04. The summed E-state index contributed by atoms with van der Waals surface area (Å²) in [6.07, 6.45) is 0. The Morgan fingerprint density at radius 1 is 0.852 bits per heavy atom. The third-order valence-electron chi connectivity index (χ3n) is 4.64. The Morgan fingerprint density at radius 2 is 1.37 bits per heavy atom. The SMILES string of the molecule is COc1ccccc1C[NH2+]CC(O)(c1ccc(Cl)cc1)c1ccc(Cl)cc1. The van der Waals surface area contributed by atoms with E-state index in [2.05, 4.69) is 5.32 Å². The molecule has 27 heavy (non-hydrogen) atoms. The van der Waals surface area contributed by atoms with E-state index in [9.17, 15) is 5.11 Å². The lowest BCUT2D eigenvalue weighted by molar-refractivity contribution is -0.682. The molecule has 0 radical (unpaired) electrons. The van der Waals surface area contributed by atoms with Gasteiger partial charge >= 0.3 is 0 Å². The molecular formula is C22H22Cl2NO2+. The topological polar surface area (TPSA) is 46.1 Å². The molecule has 140 valence electrons. The fourth-order valence-corrected chi connectivity index (χ4v) is 3.41. The van der Waals surface area contributed by atoms with Gasteiger partial charge in [-0.25, -0.2) is 0 Å². The van der Waals surface area contributed by atoms with E-state index in [1.807, 2.05) is 48.5 Å². The lowest BCUT2D eigenvalue weighted by atomic mass is 9.86. The molecule has 3 nitrogen and oxygen atoms in total. The number of hydrogen-bond acceptors (Lipinski definition) is 2. The van der Waals surface area contributed by atoms with Crippen LogP contribution < -0.4 is 10.1 Å². The van der Waals surface area contributed by atoms with Crippen molar-refractivity contribution in [3.63, 3.8) is 0 Å². The van der Waals surface area contributed by atoms with Crippen LogP contribution in [-0.4, -0.2) is 18.8 Å². The normalized spacial score (nSPS) is 11.4. The molecule has 0 bridgehead atoms. The lowest BCUT2D eigenvalue weighted by Gasteiger charge is -2.28. The van der Waals surface area contributed by atoms with Crippen molar-refractivity contribution in [3.05, 3.63) is 99.5 Å². The second-order valence-electron chi connectivity index (χ2n) is 6.38. The van der Waals surface area contributed by atoms with Gasteiger partial charge in [0.05, 0.1) is 7.11 Å². The molecule has 0 aliphatic heterocycles. The molecule has 3 N–H and O–H groups in total. The predicted molar refractivity (Wildman–Crippen MR) is 109 cm³/mol. The molecule has 5 heteroatoms. The van der Waals surface area contributed by atoms with Crippen LogP contribution in [0, 0.1) is 0 Å². The number of methoxy groups -OCH3 is 1. The molecular weight excluding hydrogens is 381 g/mol. The van der Waals surface area contributed by atoms with Crippen molar-refractivity contribution in [1.82, 2.24) is 0 Å². The third-order valence-corrected chi connectivity index (χ3v) is 5.14. The molecule has 0 aliphatic carbocycles. The van der Waals surface area contributed by atoms with Crippen LogP contribution in [0.1, 0.15) is 16.7 Å². The number of quaternary nitrogens is 1. The maximum atomic E-state index is 11.6. The van der Waals surface area contributed by atoms with Crippen molar-refractivity contribution in [1.29, 1.82) is 0 Å². The number of para-hydroxylation sites is 1. The molecule has 0 unspecified atom stereocenters. The summed E-state index contributed by atoms with van der Waals surface area (Å²) in [6.45, 7) is 1.13. The van der Waals surface area contributed by atoms with Gasteiger partial charge in [-0.1, -0.05) is 59.6 Å². The van der Waals surface area contributed by atoms with E-state index in [4.69, 9.17) is 27.9 Å². The summed E-state index contributed by atoms with van der Waals surface area (Å²) in [4.78, 5) is 0. The number of halogens is 2. The highest BCUT2D eigenvalue weighted by molar-refractivity contribution is 6.30. The highest BCUT2D eigenvalue weighted by Gasteiger charge is 2.33. The summed E-state index contributed by atoms with van der Waals surface area (Å²) in [5.74, 6) is 0.843. The molecule has 0 fully saturated rings. The Labute approximate surface area is 169 Å². The smallest absolute Gasteiger partial charge is 0.163 e. The van der Waals surface area contributed by atoms with Gasteiger partial charge in [0.25, 0.3) is 0 Å². The molecule has 0 saturated heterocycles. The molecule has 0 aromatic heterocycles. The molecule has 0 amide bonds. The molecule has 3 aromatic carbocycles. The van der Waals surface area contributed by atoms with Crippen LogP contribution in [0.5, 0.6) is 5.75 Å². The first-order chi connectivity index (χ1) is 13.0. The van der Waals surface area contributed by atoms with Gasteiger partial charge < -0.3 is 15.2 Å². The van der Waals surface area contributed by atoms with Crippen LogP contribution in [0.25, 0.3) is 0 Å². The second kappa shape index (κ2) is 8.77. The van der Waals surface area contributed by atoms with Gasteiger partial charge in [-0.3, -0.25) is 0 Å². The van der Waals surface area contributed by atoms with Gasteiger partial charge in [0, 0.05) is 15.6 Å². The van der Waals surface area contributed by atoms with Crippen LogP contribution in [0.2, 0.25) is 10.0 Å². The maximum Gasteiger partial charge on any atom is 0.163 e. The molecule has 0 heterocycles. The minimum absolute atomic E-state index is 0.439. The monoisotopic (exact) mass is 402 g/mol. The van der Waals surface area contributed by atoms with Gasteiger partial charge in [0.15, 0.2) is 5.60 Å². The predicted octanol–water partition coefficient (Wildman–Crippen LogP) is 4.00. The largest absolute Gasteiger partial charge is 0.496 e. The van der Waals surface area contributed by atoms with Crippen LogP contribution in [0.15, 0.2) is 72.8 Å². The average molecular weight is 403 g/mol. The fourth-order valence-electron chi connectivity index (χ4n) is 3.16. The first kappa shape index (κ1) is 19.7. The number of ether oxygens (including phenoxy) is 1. The Kier molecular flexibility index (Phi) is 6.40. The minimum Gasteiger partial charge on any atom is -0.496 e. The van der Waals surface area contributed by atoms with Crippen molar-refractivity contribution in [3.8, 4) is 5.75 Å².